The molecule has 0 aromatic heterocycles. The number of halogens is 2. The summed E-state index contributed by atoms with van der Waals surface area (Å²) in [6.45, 7) is 1.95. The first kappa shape index (κ1) is 12.1. The van der Waals surface area contributed by atoms with E-state index in [0.717, 1.165) is 0 Å². The Bertz CT molecular complexity index is 319. The van der Waals surface area contributed by atoms with Crippen LogP contribution in [-0.2, 0) is 11.2 Å². The standard InChI is InChI=1S/C11H15F2NO/c1-11(14,7-15-2)6-8-9(12)4-3-5-10(8)13/h3-5H,6-7,14H2,1-2H3. The number of benzene rings is 1. The van der Waals surface area contributed by atoms with E-state index >= 15 is 0 Å². The van der Waals surface area contributed by atoms with Crippen molar-refractivity contribution < 1.29 is 13.5 Å². The van der Waals surface area contributed by atoms with Crippen LogP contribution in [0.5, 0.6) is 0 Å². The lowest BCUT2D eigenvalue weighted by molar-refractivity contribution is 0.140. The summed E-state index contributed by atoms with van der Waals surface area (Å²) in [6, 6.07) is 3.78. The van der Waals surface area contributed by atoms with Crippen molar-refractivity contribution in [3.05, 3.63) is 35.4 Å². The van der Waals surface area contributed by atoms with Crippen molar-refractivity contribution >= 4 is 0 Å². The van der Waals surface area contributed by atoms with E-state index in [0.29, 0.717) is 0 Å². The molecule has 2 nitrogen and oxygen atoms in total. The highest BCUT2D eigenvalue weighted by molar-refractivity contribution is 5.21. The molecule has 15 heavy (non-hydrogen) atoms. The highest BCUT2D eigenvalue weighted by atomic mass is 19.1. The van der Waals surface area contributed by atoms with E-state index in [4.69, 9.17) is 10.5 Å². The van der Waals surface area contributed by atoms with Crippen LogP contribution in [0.1, 0.15) is 12.5 Å². The average Bonchev–Trinajstić information content (AvgIpc) is 2.11. The first-order valence-electron chi connectivity index (χ1n) is 4.67. The molecule has 0 aliphatic heterocycles. The molecule has 0 spiro atoms. The van der Waals surface area contributed by atoms with Gasteiger partial charge in [-0.25, -0.2) is 8.78 Å². The lowest BCUT2D eigenvalue weighted by atomic mass is 9.94. The molecule has 1 rings (SSSR count). The maximum atomic E-state index is 13.3. The van der Waals surface area contributed by atoms with E-state index in [1.54, 1.807) is 6.92 Å². The van der Waals surface area contributed by atoms with Gasteiger partial charge in [-0.05, 0) is 25.5 Å². The van der Waals surface area contributed by atoms with Crippen LogP contribution in [0.2, 0.25) is 0 Å². The molecule has 0 heterocycles. The monoisotopic (exact) mass is 215 g/mol. The minimum atomic E-state index is -0.766. The smallest absolute Gasteiger partial charge is 0.129 e. The summed E-state index contributed by atoms with van der Waals surface area (Å²) in [5.74, 6) is -1.13. The molecular weight excluding hydrogens is 200 g/mol. The van der Waals surface area contributed by atoms with Gasteiger partial charge in [0.25, 0.3) is 0 Å². The van der Waals surface area contributed by atoms with Crippen molar-refractivity contribution in [2.24, 2.45) is 5.73 Å². The number of hydrogen-bond acceptors (Lipinski definition) is 2. The zero-order valence-electron chi connectivity index (χ0n) is 8.89. The van der Waals surface area contributed by atoms with Gasteiger partial charge in [-0.1, -0.05) is 6.07 Å². The van der Waals surface area contributed by atoms with Crippen LogP contribution in [0, 0.1) is 11.6 Å². The molecule has 1 aromatic carbocycles. The topological polar surface area (TPSA) is 35.2 Å². The third-order valence-electron chi connectivity index (χ3n) is 2.12. The summed E-state index contributed by atoms with van der Waals surface area (Å²) in [6.07, 6.45) is 0.110. The lowest BCUT2D eigenvalue weighted by Gasteiger charge is -2.24. The SMILES string of the molecule is COCC(C)(N)Cc1c(F)cccc1F. The second-order valence-corrected chi connectivity index (χ2v) is 3.96. The Morgan fingerprint density at radius 2 is 1.87 bits per heavy atom. The molecule has 0 aliphatic carbocycles. The molecule has 0 radical (unpaired) electrons. The Balaban J connectivity index is 2.89. The molecule has 0 saturated heterocycles. The third-order valence-corrected chi connectivity index (χ3v) is 2.12. The van der Waals surface area contributed by atoms with Crippen molar-refractivity contribution in [2.45, 2.75) is 18.9 Å². The zero-order valence-corrected chi connectivity index (χ0v) is 8.89. The molecule has 0 fully saturated rings. The van der Waals surface area contributed by atoms with Crippen LogP contribution in [0.4, 0.5) is 8.78 Å². The van der Waals surface area contributed by atoms with Gasteiger partial charge in [-0.15, -0.1) is 0 Å². The minimum absolute atomic E-state index is 0.0135. The minimum Gasteiger partial charge on any atom is -0.383 e. The molecule has 0 bridgehead atoms. The van der Waals surface area contributed by atoms with Crippen molar-refractivity contribution in [1.29, 1.82) is 0 Å². The number of nitrogens with two attached hydrogens (primary N) is 1. The first-order chi connectivity index (χ1) is 6.96. The Morgan fingerprint density at radius 3 is 2.33 bits per heavy atom. The summed E-state index contributed by atoms with van der Waals surface area (Å²) in [7, 11) is 1.50. The third kappa shape index (κ3) is 3.25. The number of hydrogen-bond donors (Lipinski definition) is 1. The van der Waals surface area contributed by atoms with Crippen LogP contribution in [0.25, 0.3) is 0 Å². The highest BCUT2D eigenvalue weighted by Gasteiger charge is 2.22. The van der Waals surface area contributed by atoms with E-state index < -0.39 is 17.2 Å². The molecule has 1 atom stereocenters. The zero-order chi connectivity index (χ0) is 11.5. The summed E-state index contributed by atoms with van der Waals surface area (Å²) in [5.41, 5.74) is 5.09. The predicted octanol–water partition coefficient (Wildman–Crippen LogP) is 1.87. The normalized spacial score (nSPS) is 15.0. The molecule has 0 amide bonds. The van der Waals surface area contributed by atoms with E-state index in [9.17, 15) is 8.78 Å². The Morgan fingerprint density at radius 1 is 1.33 bits per heavy atom. The van der Waals surface area contributed by atoms with Gasteiger partial charge < -0.3 is 10.5 Å². The Hall–Kier alpha value is -1.00. The molecule has 0 aliphatic rings. The van der Waals surface area contributed by atoms with Crippen LogP contribution >= 0.6 is 0 Å². The molecule has 2 N–H and O–H groups in total. The maximum Gasteiger partial charge on any atom is 0.129 e. The van der Waals surface area contributed by atoms with Crippen LogP contribution in [0.15, 0.2) is 18.2 Å². The van der Waals surface area contributed by atoms with Gasteiger partial charge >= 0.3 is 0 Å². The van der Waals surface area contributed by atoms with Gasteiger partial charge in [0.15, 0.2) is 0 Å². The summed E-state index contributed by atoms with van der Waals surface area (Å²) < 4.78 is 31.5. The predicted molar refractivity (Wildman–Crippen MR) is 54.5 cm³/mol. The van der Waals surface area contributed by atoms with Crippen LogP contribution in [0.3, 0.4) is 0 Å². The molecule has 1 unspecified atom stereocenters. The van der Waals surface area contributed by atoms with E-state index in [-0.39, 0.29) is 18.6 Å². The number of ether oxygens (including phenoxy) is 1. The van der Waals surface area contributed by atoms with Crippen molar-refractivity contribution in [1.82, 2.24) is 0 Å². The largest absolute Gasteiger partial charge is 0.383 e. The highest BCUT2D eigenvalue weighted by Crippen LogP contribution is 2.17. The van der Waals surface area contributed by atoms with Crippen molar-refractivity contribution in [3.63, 3.8) is 0 Å². The van der Waals surface area contributed by atoms with Crippen molar-refractivity contribution in [3.8, 4) is 0 Å². The van der Waals surface area contributed by atoms with Gasteiger partial charge in [0.2, 0.25) is 0 Å². The van der Waals surface area contributed by atoms with Gasteiger partial charge in [0.1, 0.15) is 11.6 Å². The lowest BCUT2D eigenvalue weighted by Crippen LogP contribution is -2.43. The van der Waals surface area contributed by atoms with Gasteiger partial charge in [0.05, 0.1) is 6.61 Å². The fourth-order valence-corrected chi connectivity index (χ4v) is 1.49. The fourth-order valence-electron chi connectivity index (χ4n) is 1.49. The molecule has 0 saturated carbocycles. The maximum absolute atomic E-state index is 13.3. The van der Waals surface area contributed by atoms with E-state index in [1.807, 2.05) is 0 Å². The molecule has 1 aromatic rings. The van der Waals surface area contributed by atoms with E-state index in [1.165, 1.54) is 25.3 Å². The fraction of sp³-hybridized carbons (Fsp3) is 0.455. The van der Waals surface area contributed by atoms with Crippen molar-refractivity contribution in [2.75, 3.05) is 13.7 Å². The van der Waals surface area contributed by atoms with Crippen LogP contribution in [-0.4, -0.2) is 19.3 Å². The Labute approximate surface area is 88.0 Å². The van der Waals surface area contributed by atoms with E-state index in [2.05, 4.69) is 0 Å². The van der Waals surface area contributed by atoms with Gasteiger partial charge in [0, 0.05) is 18.2 Å². The molecule has 4 heteroatoms. The average molecular weight is 215 g/mol. The van der Waals surface area contributed by atoms with Crippen LogP contribution < -0.4 is 5.73 Å². The second-order valence-electron chi connectivity index (χ2n) is 3.96. The van der Waals surface area contributed by atoms with Gasteiger partial charge in [-0.2, -0.15) is 0 Å². The summed E-state index contributed by atoms with van der Waals surface area (Å²) >= 11 is 0. The molecular formula is C11H15F2NO. The first-order valence-corrected chi connectivity index (χ1v) is 4.67. The molecule has 84 valence electrons. The number of rotatable bonds is 4. The van der Waals surface area contributed by atoms with Gasteiger partial charge in [-0.3, -0.25) is 0 Å². The second kappa shape index (κ2) is 4.68. The Kier molecular flexibility index (Phi) is 3.77. The summed E-state index contributed by atoms with van der Waals surface area (Å²) in [4.78, 5) is 0. The number of methoxy groups -OCH3 is 1. The summed E-state index contributed by atoms with van der Waals surface area (Å²) in [5, 5.41) is 0. The quantitative estimate of drug-likeness (QED) is 0.832.